The minimum Gasteiger partial charge on any atom is -0.324 e. The van der Waals surface area contributed by atoms with Crippen LogP contribution in [0.5, 0.6) is 0 Å². The Morgan fingerprint density at radius 2 is 1.88 bits per heavy atom. The van der Waals surface area contributed by atoms with Crippen LogP contribution in [0.3, 0.4) is 0 Å². The maximum absolute atomic E-state index is 13.5. The van der Waals surface area contributed by atoms with Gasteiger partial charge in [-0.15, -0.1) is 0 Å². The van der Waals surface area contributed by atoms with Crippen LogP contribution in [0.1, 0.15) is 18.5 Å². The standard InChI is InChI=1S/C10H11F2NO2S/c1-5-4-16(14,15)10-7(12)3-2-6(11)8(10)9(5)13/h2-3,5,9H,4,13H2,1H3. The van der Waals surface area contributed by atoms with Crippen molar-refractivity contribution in [2.45, 2.75) is 17.9 Å². The highest BCUT2D eigenvalue weighted by atomic mass is 32.2. The molecular weight excluding hydrogens is 236 g/mol. The summed E-state index contributed by atoms with van der Waals surface area (Å²) in [5.41, 5.74) is 5.49. The largest absolute Gasteiger partial charge is 0.324 e. The van der Waals surface area contributed by atoms with Crippen molar-refractivity contribution in [3.8, 4) is 0 Å². The zero-order valence-corrected chi connectivity index (χ0v) is 9.39. The quantitative estimate of drug-likeness (QED) is 0.753. The molecule has 0 spiro atoms. The van der Waals surface area contributed by atoms with Crippen LogP contribution in [0.4, 0.5) is 8.78 Å². The van der Waals surface area contributed by atoms with Crippen molar-refractivity contribution in [3.05, 3.63) is 29.3 Å². The van der Waals surface area contributed by atoms with Gasteiger partial charge in [-0.1, -0.05) is 6.92 Å². The van der Waals surface area contributed by atoms with Crippen molar-refractivity contribution in [2.75, 3.05) is 5.75 Å². The summed E-state index contributed by atoms with van der Waals surface area (Å²) in [4.78, 5) is -0.571. The number of rotatable bonds is 0. The molecule has 1 aromatic carbocycles. The van der Waals surface area contributed by atoms with Crippen molar-refractivity contribution in [1.29, 1.82) is 0 Å². The zero-order chi connectivity index (χ0) is 12.1. The van der Waals surface area contributed by atoms with Crippen molar-refractivity contribution in [1.82, 2.24) is 0 Å². The van der Waals surface area contributed by atoms with E-state index in [1.807, 2.05) is 0 Å². The van der Waals surface area contributed by atoms with Gasteiger partial charge < -0.3 is 5.73 Å². The molecule has 2 atom stereocenters. The van der Waals surface area contributed by atoms with E-state index >= 15 is 0 Å². The van der Waals surface area contributed by atoms with Gasteiger partial charge in [0, 0.05) is 11.6 Å². The third-order valence-corrected chi connectivity index (χ3v) is 4.84. The third-order valence-electron chi connectivity index (χ3n) is 2.83. The fraction of sp³-hybridized carbons (Fsp3) is 0.400. The lowest BCUT2D eigenvalue weighted by atomic mass is 9.95. The van der Waals surface area contributed by atoms with Gasteiger partial charge in [0.2, 0.25) is 0 Å². The Bertz CT molecular complexity index is 542. The van der Waals surface area contributed by atoms with Crippen LogP contribution in [0.25, 0.3) is 0 Å². The lowest BCUT2D eigenvalue weighted by Gasteiger charge is -2.28. The lowest BCUT2D eigenvalue weighted by Crippen LogP contribution is -2.34. The van der Waals surface area contributed by atoms with Crippen molar-refractivity contribution < 1.29 is 17.2 Å². The van der Waals surface area contributed by atoms with Gasteiger partial charge >= 0.3 is 0 Å². The van der Waals surface area contributed by atoms with Gasteiger partial charge in [0.25, 0.3) is 0 Å². The maximum atomic E-state index is 13.5. The first-order chi connectivity index (χ1) is 7.34. The van der Waals surface area contributed by atoms with Gasteiger partial charge in [-0.2, -0.15) is 0 Å². The molecule has 1 aliphatic rings. The highest BCUT2D eigenvalue weighted by Crippen LogP contribution is 2.37. The summed E-state index contributed by atoms with van der Waals surface area (Å²) in [7, 11) is -3.77. The molecule has 2 N–H and O–H groups in total. The predicted molar refractivity (Wildman–Crippen MR) is 54.5 cm³/mol. The number of fused-ring (bicyclic) bond motifs is 1. The molecule has 0 bridgehead atoms. The Morgan fingerprint density at radius 1 is 1.31 bits per heavy atom. The Kier molecular flexibility index (Phi) is 2.51. The fourth-order valence-electron chi connectivity index (χ4n) is 1.99. The highest BCUT2D eigenvalue weighted by molar-refractivity contribution is 7.91. The molecule has 0 fully saturated rings. The summed E-state index contributed by atoms with van der Waals surface area (Å²) in [6.45, 7) is 1.61. The van der Waals surface area contributed by atoms with E-state index in [0.29, 0.717) is 0 Å². The van der Waals surface area contributed by atoms with E-state index in [-0.39, 0.29) is 11.3 Å². The monoisotopic (exact) mass is 247 g/mol. The molecule has 1 heterocycles. The van der Waals surface area contributed by atoms with Gasteiger partial charge in [-0.25, -0.2) is 17.2 Å². The third kappa shape index (κ3) is 1.53. The molecule has 0 saturated heterocycles. The van der Waals surface area contributed by atoms with Crippen LogP contribution in [0.2, 0.25) is 0 Å². The number of hydrogen-bond acceptors (Lipinski definition) is 3. The Labute approximate surface area is 92.2 Å². The van der Waals surface area contributed by atoms with E-state index in [4.69, 9.17) is 5.73 Å². The molecule has 3 nitrogen and oxygen atoms in total. The van der Waals surface area contributed by atoms with Crippen molar-refractivity contribution in [3.63, 3.8) is 0 Å². The lowest BCUT2D eigenvalue weighted by molar-refractivity contribution is 0.439. The van der Waals surface area contributed by atoms with E-state index in [1.54, 1.807) is 6.92 Å². The summed E-state index contributed by atoms with van der Waals surface area (Å²) in [5, 5.41) is 0. The second-order valence-electron chi connectivity index (χ2n) is 4.06. The summed E-state index contributed by atoms with van der Waals surface area (Å²) in [5.74, 6) is -2.37. The summed E-state index contributed by atoms with van der Waals surface area (Å²) < 4.78 is 50.4. The second kappa shape index (κ2) is 3.49. The number of nitrogens with two attached hydrogens (primary N) is 1. The van der Waals surface area contributed by atoms with E-state index in [2.05, 4.69) is 0 Å². The molecule has 0 aliphatic carbocycles. The Hall–Kier alpha value is -1.01. The topological polar surface area (TPSA) is 60.2 Å². The first-order valence-corrected chi connectivity index (χ1v) is 6.46. The van der Waals surface area contributed by atoms with Crippen molar-refractivity contribution >= 4 is 9.84 Å². The molecule has 16 heavy (non-hydrogen) atoms. The predicted octanol–water partition coefficient (Wildman–Crippen LogP) is 1.39. The number of benzene rings is 1. The summed E-state index contributed by atoms with van der Waals surface area (Å²) in [6, 6.07) is 0.935. The second-order valence-corrected chi connectivity index (χ2v) is 6.03. The average Bonchev–Trinajstić information content (AvgIpc) is 2.17. The highest BCUT2D eigenvalue weighted by Gasteiger charge is 2.38. The molecule has 0 saturated carbocycles. The molecule has 0 amide bonds. The molecule has 1 aliphatic heterocycles. The van der Waals surface area contributed by atoms with E-state index in [9.17, 15) is 17.2 Å². The minimum absolute atomic E-state index is 0.223. The van der Waals surface area contributed by atoms with Gasteiger partial charge in [-0.05, 0) is 18.1 Å². The summed E-state index contributed by atoms with van der Waals surface area (Å²) in [6.07, 6.45) is 0. The molecule has 2 rings (SSSR count). The molecule has 2 unspecified atom stereocenters. The smallest absolute Gasteiger partial charge is 0.182 e. The van der Waals surface area contributed by atoms with Gasteiger partial charge in [0.1, 0.15) is 16.5 Å². The fourth-order valence-corrected chi connectivity index (χ4v) is 3.99. The Balaban J connectivity index is 2.83. The van der Waals surface area contributed by atoms with Crippen LogP contribution < -0.4 is 5.73 Å². The Morgan fingerprint density at radius 3 is 2.50 bits per heavy atom. The van der Waals surface area contributed by atoms with Crippen LogP contribution in [0, 0.1) is 17.6 Å². The summed E-state index contributed by atoms with van der Waals surface area (Å²) >= 11 is 0. The maximum Gasteiger partial charge on any atom is 0.182 e. The van der Waals surface area contributed by atoms with Crippen molar-refractivity contribution in [2.24, 2.45) is 11.7 Å². The first kappa shape index (κ1) is 11.5. The molecule has 88 valence electrons. The average molecular weight is 247 g/mol. The first-order valence-electron chi connectivity index (χ1n) is 4.81. The molecular formula is C10H11F2NO2S. The van der Waals surface area contributed by atoms with Crippen LogP contribution >= 0.6 is 0 Å². The van der Waals surface area contributed by atoms with Gasteiger partial charge in [0.15, 0.2) is 9.84 Å². The van der Waals surface area contributed by atoms with Crippen LogP contribution in [0.15, 0.2) is 17.0 Å². The number of sulfone groups is 1. The number of halogens is 2. The van der Waals surface area contributed by atoms with E-state index in [0.717, 1.165) is 12.1 Å². The normalized spacial score (nSPS) is 27.5. The van der Waals surface area contributed by atoms with Gasteiger partial charge in [-0.3, -0.25) is 0 Å². The van der Waals surface area contributed by atoms with Gasteiger partial charge in [0.05, 0.1) is 5.75 Å². The molecule has 6 heteroatoms. The zero-order valence-electron chi connectivity index (χ0n) is 8.57. The SMILES string of the molecule is CC1CS(=O)(=O)c2c(F)ccc(F)c2C1N. The molecule has 0 radical (unpaired) electrons. The molecule has 1 aromatic rings. The minimum atomic E-state index is -3.77. The number of hydrogen-bond donors (Lipinski definition) is 1. The van der Waals surface area contributed by atoms with E-state index < -0.39 is 38.3 Å². The van der Waals surface area contributed by atoms with Crippen LogP contribution in [-0.2, 0) is 9.84 Å². The molecule has 0 aromatic heterocycles. The van der Waals surface area contributed by atoms with Crippen LogP contribution in [-0.4, -0.2) is 14.2 Å². The van der Waals surface area contributed by atoms with E-state index in [1.165, 1.54) is 0 Å².